The summed E-state index contributed by atoms with van der Waals surface area (Å²) in [6.45, 7) is -0.152. The Bertz CT molecular complexity index is 662. The Balaban J connectivity index is 2.11. The molecule has 5 heteroatoms. The molecule has 0 spiro atoms. The first kappa shape index (κ1) is 9.92. The number of rotatable bonds is 2. The fraction of sp³-hybridized carbons (Fsp3) is 0.0833. The van der Waals surface area contributed by atoms with Crippen LogP contribution in [0.2, 0.25) is 0 Å². The van der Waals surface area contributed by atoms with Gasteiger partial charge in [0.1, 0.15) is 12.3 Å². The van der Waals surface area contributed by atoms with Crippen LogP contribution in [0.25, 0.3) is 22.4 Å². The number of hydrogen-bond donors (Lipinski definition) is 2. The Morgan fingerprint density at radius 2 is 1.94 bits per heavy atom. The summed E-state index contributed by atoms with van der Waals surface area (Å²) < 4.78 is 0. The SMILES string of the molecule is OCc1nc(-c2ccc3ccccc3n2)n[nH]1. The Kier molecular flexibility index (Phi) is 2.31. The largest absolute Gasteiger partial charge is 0.388 e. The molecule has 0 bridgehead atoms. The molecule has 2 N–H and O–H groups in total. The van der Waals surface area contributed by atoms with Gasteiger partial charge < -0.3 is 5.11 Å². The topological polar surface area (TPSA) is 74.7 Å². The number of benzene rings is 1. The first-order valence-corrected chi connectivity index (χ1v) is 5.25. The Morgan fingerprint density at radius 1 is 1.06 bits per heavy atom. The van der Waals surface area contributed by atoms with Crippen molar-refractivity contribution in [2.45, 2.75) is 6.61 Å². The number of aliphatic hydroxyl groups excluding tert-OH is 1. The maximum atomic E-state index is 8.92. The molecule has 0 fully saturated rings. The van der Waals surface area contributed by atoms with E-state index in [9.17, 15) is 0 Å². The van der Waals surface area contributed by atoms with E-state index in [0.717, 1.165) is 10.9 Å². The van der Waals surface area contributed by atoms with Crippen molar-refractivity contribution in [3.8, 4) is 11.5 Å². The fourth-order valence-electron chi connectivity index (χ4n) is 1.67. The molecule has 0 saturated heterocycles. The smallest absolute Gasteiger partial charge is 0.199 e. The predicted octanol–water partition coefficient (Wildman–Crippen LogP) is 1.51. The van der Waals surface area contributed by atoms with Crippen LogP contribution in [0.1, 0.15) is 5.82 Å². The summed E-state index contributed by atoms with van der Waals surface area (Å²) in [6.07, 6.45) is 0. The zero-order chi connectivity index (χ0) is 11.7. The maximum Gasteiger partial charge on any atom is 0.199 e. The third kappa shape index (κ3) is 1.76. The van der Waals surface area contributed by atoms with Crippen LogP contribution >= 0.6 is 0 Å². The van der Waals surface area contributed by atoms with E-state index in [1.54, 1.807) is 0 Å². The zero-order valence-electron chi connectivity index (χ0n) is 8.96. The average Bonchev–Trinajstić information content (AvgIpc) is 2.87. The highest BCUT2D eigenvalue weighted by Gasteiger charge is 2.07. The minimum absolute atomic E-state index is 0.152. The molecule has 3 aromatic rings. The number of hydrogen-bond acceptors (Lipinski definition) is 4. The minimum atomic E-state index is -0.152. The van der Waals surface area contributed by atoms with Crippen molar-refractivity contribution in [1.29, 1.82) is 0 Å². The number of fused-ring (bicyclic) bond motifs is 1. The third-order valence-corrected chi connectivity index (χ3v) is 2.51. The van der Waals surface area contributed by atoms with Gasteiger partial charge >= 0.3 is 0 Å². The van der Waals surface area contributed by atoms with Crippen LogP contribution in [0.4, 0.5) is 0 Å². The van der Waals surface area contributed by atoms with E-state index < -0.39 is 0 Å². The average molecular weight is 226 g/mol. The van der Waals surface area contributed by atoms with E-state index in [4.69, 9.17) is 5.11 Å². The summed E-state index contributed by atoms with van der Waals surface area (Å²) >= 11 is 0. The summed E-state index contributed by atoms with van der Waals surface area (Å²) in [4.78, 5) is 8.59. The summed E-state index contributed by atoms with van der Waals surface area (Å²) in [6, 6.07) is 11.7. The van der Waals surface area contributed by atoms with Crippen LogP contribution in [0.5, 0.6) is 0 Å². The number of aromatic amines is 1. The maximum absolute atomic E-state index is 8.92. The number of aliphatic hydroxyl groups is 1. The molecule has 17 heavy (non-hydrogen) atoms. The van der Waals surface area contributed by atoms with E-state index in [-0.39, 0.29) is 6.61 Å². The first-order valence-electron chi connectivity index (χ1n) is 5.25. The molecular weight excluding hydrogens is 216 g/mol. The summed E-state index contributed by atoms with van der Waals surface area (Å²) in [5, 5.41) is 16.6. The van der Waals surface area contributed by atoms with Gasteiger partial charge in [-0.3, -0.25) is 5.10 Å². The minimum Gasteiger partial charge on any atom is -0.388 e. The highest BCUT2D eigenvalue weighted by molar-refractivity contribution is 5.80. The van der Waals surface area contributed by atoms with E-state index in [1.807, 2.05) is 36.4 Å². The van der Waals surface area contributed by atoms with Gasteiger partial charge in [-0.25, -0.2) is 9.97 Å². The molecule has 0 aliphatic rings. The molecular formula is C12H10N4O. The quantitative estimate of drug-likeness (QED) is 0.694. The van der Waals surface area contributed by atoms with Gasteiger partial charge in [0.2, 0.25) is 0 Å². The van der Waals surface area contributed by atoms with E-state index in [2.05, 4.69) is 20.2 Å². The van der Waals surface area contributed by atoms with Crippen molar-refractivity contribution >= 4 is 10.9 Å². The van der Waals surface area contributed by atoms with Crippen molar-refractivity contribution in [3.05, 3.63) is 42.2 Å². The molecule has 0 saturated carbocycles. The van der Waals surface area contributed by atoms with Crippen molar-refractivity contribution in [3.63, 3.8) is 0 Å². The van der Waals surface area contributed by atoms with Gasteiger partial charge in [0.25, 0.3) is 0 Å². The van der Waals surface area contributed by atoms with Crippen molar-refractivity contribution < 1.29 is 5.11 Å². The number of pyridine rings is 1. The molecule has 3 rings (SSSR count). The molecule has 2 aromatic heterocycles. The van der Waals surface area contributed by atoms with Crippen molar-refractivity contribution in [1.82, 2.24) is 20.2 Å². The van der Waals surface area contributed by atoms with Gasteiger partial charge in [0.05, 0.1) is 5.52 Å². The monoisotopic (exact) mass is 226 g/mol. The van der Waals surface area contributed by atoms with Crippen LogP contribution in [0.3, 0.4) is 0 Å². The Labute approximate surface area is 97.2 Å². The molecule has 0 amide bonds. The second-order valence-corrected chi connectivity index (χ2v) is 3.65. The lowest BCUT2D eigenvalue weighted by Gasteiger charge is -1.98. The van der Waals surface area contributed by atoms with Crippen LogP contribution in [-0.2, 0) is 6.61 Å². The number of H-pyrrole nitrogens is 1. The molecule has 0 unspecified atom stereocenters. The van der Waals surface area contributed by atoms with Gasteiger partial charge in [-0.15, -0.1) is 0 Å². The van der Waals surface area contributed by atoms with Crippen LogP contribution in [0.15, 0.2) is 36.4 Å². The summed E-state index contributed by atoms with van der Waals surface area (Å²) in [7, 11) is 0. The molecule has 2 heterocycles. The Morgan fingerprint density at radius 3 is 2.76 bits per heavy atom. The number of nitrogens with one attached hydrogen (secondary N) is 1. The second-order valence-electron chi connectivity index (χ2n) is 3.65. The van der Waals surface area contributed by atoms with E-state index in [0.29, 0.717) is 17.3 Å². The fourth-order valence-corrected chi connectivity index (χ4v) is 1.67. The number of nitrogens with zero attached hydrogens (tertiary/aromatic N) is 3. The van der Waals surface area contributed by atoms with Crippen molar-refractivity contribution in [2.75, 3.05) is 0 Å². The molecule has 0 aliphatic heterocycles. The molecule has 0 aliphatic carbocycles. The third-order valence-electron chi connectivity index (χ3n) is 2.51. The highest BCUT2D eigenvalue weighted by Crippen LogP contribution is 2.17. The van der Waals surface area contributed by atoms with Gasteiger partial charge in [0, 0.05) is 5.39 Å². The predicted molar refractivity (Wildman–Crippen MR) is 63.0 cm³/mol. The van der Waals surface area contributed by atoms with E-state index in [1.165, 1.54) is 0 Å². The Hall–Kier alpha value is -2.27. The number of para-hydroxylation sites is 1. The summed E-state index contributed by atoms with van der Waals surface area (Å²) in [5.74, 6) is 0.940. The van der Waals surface area contributed by atoms with Crippen LogP contribution in [0, 0.1) is 0 Å². The van der Waals surface area contributed by atoms with Crippen LogP contribution in [-0.4, -0.2) is 25.3 Å². The van der Waals surface area contributed by atoms with Crippen LogP contribution < -0.4 is 0 Å². The molecule has 1 aromatic carbocycles. The lowest BCUT2D eigenvalue weighted by Crippen LogP contribution is -1.88. The highest BCUT2D eigenvalue weighted by atomic mass is 16.3. The zero-order valence-corrected chi connectivity index (χ0v) is 8.96. The van der Waals surface area contributed by atoms with Gasteiger partial charge in [-0.1, -0.05) is 24.3 Å². The lowest BCUT2D eigenvalue weighted by atomic mass is 10.2. The van der Waals surface area contributed by atoms with Gasteiger partial charge in [-0.2, -0.15) is 5.10 Å². The van der Waals surface area contributed by atoms with Gasteiger partial charge in [-0.05, 0) is 12.1 Å². The molecule has 5 nitrogen and oxygen atoms in total. The molecule has 84 valence electrons. The van der Waals surface area contributed by atoms with Crippen molar-refractivity contribution in [2.24, 2.45) is 0 Å². The molecule has 0 radical (unpaired) electrons. The number of aromatic nitrogens is 4. The second kappa shape index (κ2) is 3.95. The summed E-state index contributed by atoms with van der Waals surface area (Å²) in [5.41, 5.74) is 1.60. The molecule has 0 atom stereocenters. The lowest BCUT2D eigenvalue weighted by molar-refractivity contribution is 0.272. The first-order chi connectivity index (χ1) is 8.36. The standard InChI is InChI=1S/C12H10N4O/c17-7-11-14-12(16-15-11)10-6-5-8-3-1-2-4-9(8)13-10/h1-6,17H,7H2,(H,14,15,16). The van der Waals surface area contributed by atoms with E-state index >= 15 is 0 Å². The van der Waals surface area contributed by atoms with Gasteiger partial charge in [0.15, 0.2) is 11.6 Å². The normalized spacial score (nSPS) is 10.9.